The number of hydrogen-bond donors (Lipinski definition) is 1. The van der Waals surface area contributed by atoms with Gasteiger partial charge in [0, 0.05) is 4.47 Å². The van der Waals surface area contributed by atoms with Gasteiger partial charge in [-0.3, -0.25) is 0 Å². The van der Waals surface area contributed by atoms with Crippen LogP contribution in [0.4, 0.5) is 0 Å². The molecule has 0 fully saturated rings. The lowest BCUT2D eigenvalue weighted by molar-refractivity contribution is 0.304. The van der Waals surface area contributed by atoms with Gasteiger partial charge in [-0.1, -0.05) is 22.9 Å². The fraction of sp³-hybridized carbons (Fsp3) is 0.625. The summed E-state index contributed by atoms with van der Waals surface area (Å²) in [6.07, 6.45) is 4.81. The molecule has 0 unspecified atom stereocenters. The molecule has 0 atom stereocenters. The minimum absolute atomic E-state index is 0.814. The number of rotatable bonds is 9. The average molecular weight is 328 g/mol. The zero-order valence-corrected chi connectivity index (χ0v) is 14.0. The predicted octanol–water partition coefficient (Wildman–Crippen LogP) is 4.61. The molecule has 1 N–H and O–H groups in total. The normalized spacial score (nSPS) is 10.7. The molecular formula is C16H26BrNO. The van der Waals surface area contributed by atoms with Crippen LogP contribution in [-0.2, 0) is 0 Å². The van der Waals surface area contributed by atoms with Gasteiger partial charge in [0.05, 0.1) is 6.61 Å². The van der Waals surface area contributed by atoms with Crippen molar-refractivity contribution in [2.24, 2.45) is 0 Å². The van der Waals surface area contributed by atoms with Crippen LogP contribution in [0.25, 0.3) is 0 Å². The molecule has 0 aromatic heterocycles. The molecule has 1 aromatic rings. The van der Waals surface area contributed by atoms with Gasteiger partial charge in [0.2, 0.25) is 0 Å². The predicted molar refractivity (Wildman–Crippen MR) is 86.1 cm³/mol. The number of hydrogen-bond acceptors (Lipinski definition) is 2. The van der Waals surface area contributed by atoms with E-state index in [0.29, 0.717) is 0 Å². The van der Waals surface area contributed by atoms with Gasteiger partial charge in [-0.2, -0.15) is 0 Å². The molecular weight excluding hydrogens is 302 g/mol. The molecule has 1 rings (SSSR count). The lowest BCUT2D eigenvalue weighted by Crippen LogP contribution is -2.15. The molecule has 0 radical (unpaired) electrons. The summed E-state index contributed by atoms with van der Waals surface area (Å²) in [6.45, 7) is 9.47. The minimum Gasteiger partial charge on any atom is -0.494 e. The third-order valence-corrected chi connectivity index (χ3v) is 4.35. The van der Waals surface area contributed by atoms with Crippen LogP contribution in [0.5, 0.6) is 5.75 Å². The Morgan fingerprint density at radius 1 is 1.05 bits per heavy atom. The zero-order valence-electron chi connectivity index (χ0n) is 12.4. The van der Waals surface area contributed by atoms with E-state index in [9.17, 15) is 0 Å². The van der Waals surface area contributed by atoms with Crippen molar-refractivity contribution in [1.82, 2.24) is 5.32 Å². The molecule has 1 aromatic carbocycles. The first-order valence-corrected chi connectivity index (χ1v) is 8.04. The van der Waals surface area contributed by atoms with Crippen LogP contribution in [-0.4, -0.2) is 19.7 Å². The van der Waals surface area contributed by atoms with Crippen molar-refractivity contribution < 1.29 is 4.74 Å². The summed E-state index contributed by atoms with van der Waals surface area (Å²) in [7, 11) is 0. The van der Waals surface area contributed by atoms with E-state index >= 15 is 0 Å². The van der Waals surface area contributed by atoms with Crippen LogP contribution in [0, 0.1) is 13.8 Å². The summed E-state index contributed by atoms with van der Waals surface area (Å²) in [5, 5.41) is 3.42. The highest BCUT2D eigenvalue weighted by Crippen LogP contribution is 2.26. The van der Waals surface area contributed by atoms with Gasteiger partial charge in [0.25, 0.3) is 0 Å². The molecule has 108 valence electrons. The van der Waals surface area contributed by atoms with Crippen LogP contribution >= 0.6 is 15.9 Å². The zero-order chi connectivity index (χ0) is 14.1. The van der Waals surface area contributed by atoms with Crippen LogP contribution < -0.4 is 10.1 Å². The fourth-order valence-electron chi connectivity index (χ4n) is 2.01. The molecule has 0 aliphatic carbocycles. The van der Waals surface area contributed by atoms with Gasteiger partial charge in [-0.15, -0.1) is 0 Å². The second-order valence-electron chi connectivity index (χ2n) is 5.03. The Balaban J connectivity index is 2.16. The smallest absolute Gasteiger partial charge is 0.119 e. The summed E-state index contributed by atoms with van der Waals surface area (Å²) in [4.78, 5) is 0. The number of unbranched alkanes of at least 4 members (excludes halogenated alkanes) is 2. The van der Waals surface area contributed by atoms with Crippen molar-refractivity contribution in [2.45, 2.75) is 46.5 Å². The molecule has 0 aliphatic heterocycles. The molecule has 0 saturated heterocycles. The fourth-order valence-corrected chi connectivity index (χ4v) is 2.24. The van der Waals surface area contributed by atoms with Gasteiger partial charge in [-0.05, 0) is 75.9 Å². The monoisotopic (exact) mass is 327 g/mol. The highest BCUT2D eigenvalue weighted by molar-refractivity contribution is 9.10. The first-order valence-electron chi connectivity index (χ1n) is 7.25. The highest BCUT2D eigenvalue weighted by atomic mass is 79.9. The number of ether oxygens (including phenoxy) is 1. The highest BCUT2D eigenvalue weighted by Gasteiger charge is 2.02. The topological polar surface area (TPSA) is 21.3 Å². The van der Waals surface area contributed by atoms with E-state index < -0.39 is 0 Å². The van der Waals surface area contributed by atoms with E-state index in [1.54, 1.807) is 0 Å². The Labute approximate surface area is 126 Å². The van der Waals surface area contributed by atoms with Gasteiger partial charge in [0.1, 0.15) is 5.75 Å². The summed E-state index contributed by atoms with van der Waals surface area (Å²) in [5.41, 5.74) is 2.47. The van der Waals surface area contributed by atoms with Crippen LogP contribution in [0.15, 0.2) is 16.6 Å². The van der Waals surface area contributed by atoms with Crippen molar-refractivity contribution in [3.8, 4) is 5.75 Å². The number of halogens is 1. The van der Waals surface area contributed by atoms with E-state index in [0.717, 1.165) is 31.9 Å². The third-order valence-electron chi connectivity index (χ3n) is 3.10. The molecule has 0 spiro atoms. The lowest BCUT2D eigenvalue weighted by atomic mass is 10.1. The van der Waals surface area contributed by atoms with E-state index in [1.807, 2.05) is 0 Å². The first kappa shape index (κ1) is 16.5. The number of nitrogens with one attached hydrogen (secondary N) is 1. The van der Waals surface area contributed by atoms with Crippen LogP contribution in [0.3, 0.4) is 0 Å². The molecule has 0 amide bonds. The van der Waals surface area contributed by atoms with Crippen LogP contribution in [0.2, 0.25) is 0 Å². The first-order chi connectivity index (χ1) is 9.15. The van der Waals surface area contributed by atoms with Crippen molar-refractivity contribution in [2.75, 3.05) is 19.7 Å². The van der Waals surface area contributed by atoms with Gasteiger partial charge in [0.15, 0.2) is 0 Å². The van der Waals surface area contributed by atoms with Crippen molar-refractivity contribution >= 4 is 15.9 Å². The number of benzene rings is 1. The van der Waals surface area contributed by atoms with Crippen molar-refractivity contribution in [1.29, 1.82) is 0 Å². The van der Waals surface area contributed by atoms with Gasteiger partial charge in [-0.25, -0.2) is 0 Å². The van der Waals surface area contributed by atoms with Crippen molar-refractivity contribution in [3.63, 3.8) is 0 Å². The molecule has 2 nitrogen and oxygen atoms in total. The van der Waals surface area contributed by atoms with E-state index in [4.69, 9.17) is 4.74 Å². The number of aryl methyl sites for hydroxylation is 2. The van der Waals surface area contributed by atoms with Crippen molar-refractivity contribution in [3.05, 3.63) is 27.7 Å². The second kappa shape index (κ2) is 9.38. The Bertz CT molecular complexity index is 356. The van der Waals surface area contributed by atoms with Crippen LogP contribution in [0.1, 0.15) is 43.7 Å². The maximum atomic E-state index is 5.81. The molecule has 0 heterocycles. The van der Waals surface area contributed by atoms with E-state index in [-0.39, 0.29) is 0 Å². The SMILES string of the molecule is CCCNCCCCCOc1cc(C)c(Br)c(C)c1. The molecule has 0 aliphatic rings. The summed E-state index contributed by atoms with van der Waals surface area (Å²) < 4.78 is 6.99. The third kappa shape index (κ3) is 6.44. The Kier molecular flexibility index (Phi) is 8.15. The molecule has 19 heavy (non-hydrogen) atoms. The molecule has 0 saturated carbocycles. The maximum Gasteiger partial charge on any atom is 0.119 e. The molecule has 3 heteroatoms. The Morgan fingerprint density at radius 2 is 1.74 bits per heavy atom. The second-order valence-corrected chi connectivity index (χ2v) is 5.82. The minimum atomic E-state index is 0.814. The Hall–Kier alpha value is -0.540. The summed E-state index contributed by atoms with van der Waals surface area (Å²) in [6, 6.07) is 4.19. The quantitative estimate of drug-likeness (QED) is 0.668. The van der Waals surface area contributed by atoms with E-state index in [2.05, 4.69) is 54.2 Å². The standard InChI is InChI=1S/C16H26BrNO/c1-4-8-18-9-6-5-7-10-19-15-11-13(2)16(17)14(3)12-15/h11-12,18H,4-10H2,1-3H3. The molecule has 0 bridgehead atoms. The summed E-state index contributed by atoms with van der Waals surface area (Å²) >= 11 is 3.57. The van der Waals surface area contributed by atoms with E-state index in [1.165, 1.54) is 34.9 Å². The Morgan fingerprint density at radius 3 is 2.37 bits per heavy atom. The average Bonchev–Trinajstić information content (AvgIpc) is 2.39. The maximum absolute atomic E-state index is 5.81. The lowest BCUT2D eigenvalue weighted by Gasteiger charge is -2.10. The van der Waals surface area contributed by atoms with Gasteiger partial charge < -0.3 is 10.1 Å². The summed E-state index contributed by atoms with van der Waals surface area (Å²) in [5.74, 6) is 0.988. The largest absolute Gasteiger partial charge is 0.494 e. The van der Waals surface area contributed by atoms with Gasteiger partial charge >= 0.3 is 0 Å².